The van der Waals surface area contributed by atoms with Gasteiger partial charge in [0.2, 0.25) is 0 Å². The van der Waals surface area contributed by atoms with Gasteiger partial charge in [0.1, 0.15) is 0 Å². The maximum Gasteiger partial charge on any atom is 0.194 e. The molecule has 3 nitrogen and oxygen atoms in total. The van der Waals surface area contributed by atoms with Gasteiger partial charge in [-0.1, -0.05) is 164 Å². The number of fused-ring (bicyclic) bond motifs is 11. The molecule has 278 valence electrons. The molecule has 1 spiro atoms. The smallest absolute Gasteiger partial charge is 0.194 e. The van der Waals surface area contributed by atoms with Gasteiger partial charge in [0, 0.05) is 11.4 Å². The molecule has 12 rings (SSSR count). The number of benzene rings is 9. The first kappa shape index (κ1) is 33.5. The minimum Gasteiger partial charge on any atom is -0.449 e. The zero-order valence-electron chi connectivity index (χ0n) is 32.2. The van der Waals surface area contributed by atoms with Crippen molar-refractivity contribution in [2.75, 3.05) is 4.90 Å². The van der Waals surface area contributed by atoms with Crippen LogP contribution in [-0.4, -0.2) is 0 Å². The molecule has 0 atom stereocenters. The third kappa shape index (κ3) is 5.08. The van der Waals surface area contributed by atoms with Gasteiger partial charge in [-0.3, -0.25) is 0 Å². The Labute approximate surface area is 344 Å². The number of nitrogens with zero attached hydrogens (tertiary/aromatic N) is 1. The number of anilines is 3. The summed E-state index contributed by atoms with van der Waals surface area (Å²) >= 11 is 0. The average Bonchev–Trinajstić information content (AvgIpc) is 3.58. The summed E-state index contributed by atoms with van der Waals surface area (Å²) in [5, 5.41) is 0. The van der Waals surface area contributed by atoms with E-state index in [-0.39, 0.29) is 0 Å². The summed E-state index contributed by atoms with van der Waals surface area (Å²) in [7, 11) is 0. The van der Waals surface area contributed by atoms with Crippen molar-refractivity contribution in [1.82, 2.24) is 0 Å². The lowest BCUT2D eigenvalue weighted by Crippen LogP contribution is -2.34. The first-order valence-electron chi connectivity index (χ1n) is 20.3. The van der Waals surface area contributed by atoms with Crippen molar-refractivity contribution in [2.24, 2.45) is 0 Å². The van der Waals surface area contributed by atoms with E-state index in [0.29, 0.717) is 23.0 Å². The van der Waals surface area contributed by atoms with Crippen molar-refractivity contribution in [2.45, 2.75) is 11.8 Å². The van der Waals surface area contributed by atoms with E-state index in [1.165, 1.54) is 61.2 Å². The fourth-order valence-electron chi connectivity index (χ4n) is 9.97. The van der Waals surface area contributed by atoms with Crippen LogP contribution in [0.25, 0.3) is 33.4 Å². The molecule has 1 aliphatic heterocycles. The highest BCUT2D eigenvalue weighted by atomic mass is 16.6. The van der Waals surface area contributed by atoms with E-state index < -0.39 is 5.41 Å². The molecule has 0 aromatic heterocycles. The van der Waals surface area contributed by atoms with Gasteiger partial charge < -0.3 is 14.4 Å². The average molecular weight is 756 g/mol. The van der Waals surface area contributed by atoms with Crippen LogP contribution in [0.2, 0.25) is 0 Å². The Hall–Kier alpha value is -7.62. The molecule has 0 saturated heterocycles. The molecule has 3 aliphatic rings. The van der Waals surface area contributed by atoms with Gasteiger partial charge in [0.15, 0.2) is 23.0 Å². The molecule has 9 aromatic rings. The standard InChI is InChI=1S/C56H37NO2/c1-3-17-37(18-4-1)43-25-9-10-26-44(43)38-21-15-24-42(34-38)57(41-22-5-2-6-23-41)51-31-16-32-52-55(51)59-53-35-46-45-27-11-14-30-49(45)56(50(46)36-54(53)58-52)47-28-12-7-19-39(47)33-40-20-8-13-29-48(40)56/h1-32,34-36H,33H2. The molecule has 3 heteroatoms. The third-order valence-electron chi connectivity index (χ3n) is 12.4. The molecule has 0 fully saturated rings. The van der Waals surface area contributed by atoms with Crippen molar-refractivity contribution in [3.05, 3.63) is 246 Å². The Morgan fingerprint density at radius 1 is 0.356 bits per heavy atom. The molecule has 0 bridgehead atoms. The van der Waals surface area contributed by atoms with Crippen molar-refractivity contribution in [3.63, 3.8) is 0 Å². The fraction of sp³-hybridized carbons (Fsp3) is 0.0357. The van der Waals surface area contributed by atoms with E-state index in [4.69, 9.17) is 9.47 Å². The normalized spacial score (nSPS) is 13.4. The minimum atomic E-state index is -0.480. The van der Waals surface area contributed by atoms with Crippen LogP contribution < -0.4 is 14.4 Å². The zero-order chi connectivity index (χ0) is 38.9. The Kier molecular flexibility index (Phi) is 7.51. The summed E-state index contributed by atoms with van der Waals surface area (Å²) in [6, 6.07) is 76.0. The molecule has 9 aromatic carbocycles. The van der Waals surface area contributed by atoms with Gasteiger partial charge >= 0.3 is 0 Å². The Balaban J connectivity index is 1.01. The second-order valence-corrected chi connectivity index (χ2v) is 15.6. The minimum absolute atomic E-state index is 0.480. The molecule has 0 N–H and O–H groups in total. The molecular formula is C56H37NO2. The third-order valence-corrected chi connectivity index (χ3v) is 12.4. The number of rotatable bonds is 5. The topological polar surface area (TPSA) is 21.7 Å². The van der Waals surface area contributed by atoms with Crippen molar-refractivity contribution in [3.8, 4) is 56.4 Å². The van der Waals surface area contributed by atoms with Gasteiger partial charge in [-0.25, -0.2) is 0 Å². The van der Waals surface area contributed by atoms with Gasteiger partial charge in [-0.2, -0.15) is 0 Å². The summed E-state index contributed by atoms with van der Waals surface area (Å²) in [5.74, 6) is 2.77. The molecule has 0 radical (unpaired) electrons. The number of hydrogen-bond donors (Lipinski definition) is 0. The summed E-state index contributed by atoms with van der Waals surface area (Å²) in [5.41, 5.74) is 17.4. The van der Waals surface area contributed by atoms with Crippen LogP contribution >= 0.6 is 0 Å². The molecule has 0 saturated carbocycles. The van der Waals surface area contributed by atoms with E-state index >= 15 is 0 Å². The highest BCUT2D eigenvalue weighted by Crippen LogP contribution is 2.62. The summed E-state index contributed by atoms with van der Waals surface area (Å²) < 4.78 is 14.1. The first-order valence-corrected chi connectivity index (χ1v) is 20.3. The molecule has 59 heavy (non-hydrogen) atoms. The predicted octanol–water partition coefficient (Wildman–Crippen LogP) is 14.7. The lowest BCUT2D eigenvalue weighted by molar-refractivity contribution is 0.360. The fourth-order valence-corrected chi connectivity index (χ4v) is 9.97. The number of hydrogen-bond acceptors (Lipinski definition) is 3. The molecule has 1 heterocycles. The van der Waals surface area contributed by atoms with E-state index in [1.807, 2.05) is 6.07 Å². The van der Waals surface area contributed by atoms with Crippen LogP contribution in [0.15, 0.2) is 212 Å². The van der Waals surface area contributed by atoms with Crippen LogP contribution in [-0.2, 0) is 11.8 Å². The lowest BCUT2D eigenvalue weighted by Gasteiger charge is -2.40. The SMILES string of the molecule is c1ccc(-c2ccccc2-c2cccc(N(c3ccccc3)c3cccc4c3Oc3cc5c(cc3O4)C3(c4ccccc4Cc4ccccc43)c3ccccc3-5)c2)cc1. The first-order chi connectivity index (χ1) is 29.3. The summed E-state index contributed by atoms with van der Waals surface area (Å²) in [6.45, 7) is 0. The van der Waals surface area contributed by atoms with Gasteiger partial charge in [0.05, 0.1) is 11.1 Å². The molecule has 0 amide bonds. The number of para-hydroxylation sites is 2. The Morgan fingerprint density at radius 3 is 1.66 bits per heavy atom. The van der Waals surface area contributed by atoms with Crippen molar-refractivity contribution >= 4 is 17.1 Å². The van der Waals surface area contributed by atoms with Gasteiger partial charge in [0.25, 0.3) is 0 Å². The Morgan fingerprint density at radius 2 is 0.915 bits per heavy atom. The highest BCUT2D eigenvalue weighted by Gasteiger charge is 2.50. The van der Waals surface area contributed by atoms with Crippen LogP contribution in [0, 0.1) is 0 Å². The molecule has 0 unspecified atom stereocenters. The van der Waals surface area contributed by atoms with E-state index in [9.17, 15) is 0 Å². The Bertz CT molecular complexity index is 3050. The highest BCUT2D eigenvalue weighted by molar-refractivity contribution is 5.91. The van der Waals surface area contributed by atoms with Crippen LogP contribution in [0.4, 0.5) is 17.1 Å². The van der Waals surface area contributed by atoms with E-state index in [1.54, 1.807) is 0 Å². The second kappa shape index (κ2) is 13.2. The molecular weight excluding hydrogens is 719 g/mol. The quantitative estimate of drug-likeness (QED) is 0.175. The van der Waals surface area contributed by atoms with Crippen LogP contribution in [0.5, 0.6) is 23.0 Å². The van der Waals surface area contributed by atoms with Crippen LogP contribution in [0.3, 0.4) is 0 Å². The maximum absolute atomic E-state index is 7.11. The van der Waals surface area contributed by atoms with Gasteiger partial charge in [-0.15, -0.1) is 0 Å². The van der Waals surface area contributed by atoms with E-state index in [0.717, 1.165) is 29.0 Å². The summed E-state index contributed by atoms with van der Waals surface area (Å²) in [4.78, 5) is 2.27. The summed E-state index contributed by atoms with van der Waals surface area (Å²) in [6.07, 6.45) is 0.909. The van der Waals surface area contributed by atoms with Crippen molar-refractivity contribution in [1.29, 1.82) is 0 Å². The maximum atomic E-state index is 7.11. The van der Waals surface area contributed by atoms with Crippen molar-refractivity contribution < 1.29 is 9.47 Å². The van der Waals surface area contributed by atoms with E-state index in [2.05, 4.69) is 211 Å². The van der Waals surface area contributed by atoms with Crippen LogP contribution in [0.1, 0.15) is 33.4 Å². The van der Waals surface area contributed by atoms with Gasteiger partial charge in [-0.05, 0) is 122 Å². The monoisotopic (exact) mass is 755 g/mol. The predicted molar refractivity (Wildman–Crippen MR) is 239 cm³/mol. The largest absolute Gasteiger partial charge is 0.449 e. The zero-order valence-corrected chi connectivity index (χ0v) is 32.2. The molecule has 2 aliphatic carbocycles. The number of ether oxygens (including phenoxy) is 2. The second-order valence-electron chi connectivity index (χ2n) is 15.6. The lowest BCUT2D eigenvalue weighted by atomic mass is 9.61.